The summed E-state index contributed by atoms with van der Waals surface area (Å²) < 4.78 is 46.2. The average Bonchev–Trinajstić information content (AvgIpc) is 2.48. The van der Waals surface area contributed by atoms with Gasteiger partial charge in [0.05, 0.1) is 6.61 Å². The Kier molecular flexibility index (Phi) is 10.6. The van der Waals surface area contributed by atoms with Gasteiger partial charge in [-0.15, -0.1) is 24.0 Å². The molecule has 0 aliphatic heterocycles. The zero-order valence-electron chi connectivity index (χ0n) is 12.8. The molecule has 23 heavy (non-hydrogen) atoms. The normalized spacial score (nSPS) is 11.6. The first kappa shape index (κ1) is 21.7. The third-order valence-electron chi connectivity index (χ3n) is 2.49. The number of nitrogens with zero attached hydrogens (tertiary/aromatic N) is 2. The van der Waals surface area contributed by atoms with E-state index in [4.69, 9.17) is 9.47 Å². The molecule has 1 heterocycles. The topological polar surface area (TPSA) is 67.8 Å². The molecule has 0 spiro atoms. The molecule has 0 fully saturated rings. The van der Waals surface area contributed by atoms with Crippen LogP contribution >= 0.6 is 24.0 Å². The molecule has 0 saturated heterocycles. The molecule has 2 N–H and O–H groups in total. The van der Waals surface area contributed by atoms with Crippen molar-refractivity contribution in [3.05, 3.63) is 23.9 Å². The van der Waals surface area contributed by atoms with E-state index in [1.54, 1.807) is 26.3 Å². The number of methoxy groups -OCH3 is 1. The molecular weight excluding hydrogens is 428 g/mol. The minimum Gasteiger partial charge on any atom is -0.468 e. The minimum atomic E-state index is -4.40. The Morgan fingerprint density at radius 2 is 2.09 bits per heavy atom. The number of halogens is 4. The molecule has 0 radical (unpaired) electrons. The lowest BCUT2D eigenvalue weighted by molar-refractivity contribution is -0.154. The van der Waals surface area contributed by atoms with Crippen LogP contribution in [0.2, 0.25) is 0 Å². The van der Waals surface area contributed by atoms with Crippen LogP contribution in [0.4, 0.5) is 13.2 Å². The number of hydrogen-bond acceptors (Lipinski definition) is 4. The summed E-state index contributed by atoms with van der Waals surface area (Å²) in [7, 11) is 3.17. The molecular formula is C13H20F3IN4O2. The molecule has 0 aromatic carbocycles. The van der Waals surface area contributed by atoms with Gasteiger partial charge in [0.15, 0.2) is 12.6 Å². The fourth-order valence-corrected chi connectivity index (χ4v) is 1.51. The summed E-state index contributed by atoms with van der Waals surface area (Å²) >= 11 is 0. The molecule has 0 atom stereocenters. The van der Waals surface area contributed by atoms with E-state index in [-0.39, 0.29) is 36.4 Å². The van der Waals surface area contributed by atoms with E-state index in [9.17, 15) is 13.2 Å². The van der Waals surface area contributed by atoms with Crippen molar-refractivity contribution in [1.82, 2.24) is 15.6 Å². The highest BCUT2D eigenvalue weighted by molar-refractivity contribution is 14.0. The van der Waals surface area contributed by atoms with Gasteiger partial charge in [-0.25, -0.2) is 4.98 Å². The maximum atomic E-state index is 12.2. The molecule has 0 bridgehead atoms. The molecule has 0 amide bonds. The van der Waals surface area contributed by atoms with Gasteiger partial charge in [-0.2, -0.15) is 13.2 Å². The highest BCUT2D eigenvalue weighted by Gasteiger charge is 2.29. The van der Waals surface area contributed by atoms with E-state index >= 15 is 0 Å². The Bertz CT molecular complexity index is 487. The van der Waals surface area contributed by atoms with Gasteiger partial charge in [-0.1, -0.05) is 6.07 Å². The SMILES string of the molecule is CN=C(NCCOC)NCc1cccnc1OCC(F)(F)F.I. The number of nitrogens with one attached hydrogen (secondary N) is 2. The monoisotopic (exact) mass is 448 g/mol. The standard InChI is InChI=1S/C13H19F3N4O2.HI/c1-17-12(19-6-7-21-2)20-8-10-4-3-5-18-11(10)22-9-13(14,15)16;/h3-5H,6-9H2,1-2H3,(H2,17,19,20);1H. The minimum absolute atomic E-state index is 0. The first-order valence-corrected chi connectivity index (χ1v) is 6.53. The highest BCUT2D eigenvalue weighted by atomic mass is 127. The van der Waals surface area contributed by atoms with Crippen LogP contribution in [0, 0.1) is 0 Å². The number of guanidine groups is 1. The molecule has 0 unspecified atom stereocenters. The van der Waals surface area contributed by atoms with Crippen molar-refractivity contribution in [2.75, 3.05) is 33.9 Å². The molecule has 1 rings (SSSR count). The van der Waals surface area contributed by atoms with Crippen molar-refractivity contribution >= 4 is 29.9 Å². The van der Waals surface area contributed by atoms with Gasteiger partial charge in [0.1, 0.15) is 0 Å². The van der Waals surface area contributed by atoms with E-state index in [0.29, 0.717) is 24.7 Å². The van der Waals surface area contributed by atoms with E-state index in [0.717, 1.165) is 0 Å². The van der Waals surface area contributed by atoms with E-state index in [1.165, 1.54) is 6.20 Å². The lowest BCUT2D eigenvalue weighted by atomic mass is 10.2. The van der Waals surface area contributed by atoms with Crippen molar-refractivity contribution in [1.29, 1.82) is 0 Å². The van der Waals surface area contributed by atoms with E-state index < -0.39 is 12.8 Å². The predicted octanol–water partition coefficient (Wildman–Crippen LogP) is 1.95. The van der Waals surface area contributed by atoms with Gasteiger partial charge in [0, 0.05) is 39.0 Å². The summed E-state index contributed by atoms with van der Waals surface area (Å²) in [6, 6.07) is 3.26. The summed E-state index contributed by atoms with van der Waals surface area (Å²) in [6.45, 7) is -0.0836. The Morgan fingerprint density at radius 1 is 1.35 bits per heavy atom. The van der Waals surface area contributed by atoms with Gasteiger partial charge in [0.25, 0.3) is 0 Å². The number of hydrogen-bond donors (Lipinski definition) is 2. The molecule has 0 aliphatic carbocycles. The lowest BCUT2D eigenvalue weighted by Crippen LogP contribution is -2.38. The summed E-state index contributed by atoms with van der Waals surface area (Å²) in [5.41, 5.74) is 0.501. The summed E-state index contributed by atoms with van der Waals surface area (Å²) in [5, 5.41) is 5.95. The van der Waals surface area contributed by atoms with Gasteiger partial charge in [-0.3, -0.25) is 4.99 Å². The summed E-state index contributed by atoms with van der Waals surface area (Å²) in [5.74, 6) is 0.447. The van der Waals surface area contributed by atoms with Gasteiger partial charge >= 0.3 is 6.18 Å². The molecule has 1 aromatic rings. The Labute approximate surface area is 149 Å². The number of rotatable bonds is 7. The highest BCUT2D eigenvalue weighted by Crippen LogP contribution is 2.19. The molecule has 0 saturated carbocycles. The van der Waals surface area contributed by atoms with E-state index in [2.05, 4.69) is 20.6 Å². The van der Waals surface area contributed by atoms with Crippen LogP contribution in [-0.4, -0.2) is 51.0 Å². The van der Waals surface area contributed by atoms with Crippen molar-refractivity contribution < 1.29 is 22.6 Å². The Morgan fingerprint density at radius 3 is 2.70 bits per heavy atom. The van der Waals surface area contributed by atoms with Crippen LogP contribution in [0.1, 0.15) is 5.56 Å². The van der Waals surface area contributed by atoms with Crippen LogP contribution in [0.3, 0.4) is 0 Å². The van der Waals surface area contributed by atoms with Gasteiger partial charge < -0.3 is 20.1 Å². The van der Waals surface area contributed by atoms with Crippen LogP contribution in [0.25, 0.3) is 0 Å². The van der Waals surface area contributed by atoms with Crippen molar-refractivity contribution in [2.24, 2.45) is 4.99 Å². The van der Waals surface area contributed by atoms with Crippen LogP contribution in [0.15, 0.2) is 23.3 Å². The third kappa shape index (κ3) is 9.43. The van der Waals surface area contributed by atoms with Crippen LogP contribution < -0.4 is 15.4 Å². The van der Waals surface area contributed by atoms with Crippen LogP contribution in [-0.2, 0) is 11.3 Å². The maximum absolute atomic E-state index is 12.2. The molecule has 132 valence electrons. The second-order valence-electron chi connectivity index (χ2n) is 4.22. The van der Waals surface area contributed by atoms with Crippen molar-refractivity contribution in [2.45, 2.75) is 12.7 Å². The van der Waals surface area contributed by atoms with Crippen LogP contribution in [0.5, 0.6) is 5.88 Å². The number of alkyl halides is 3. The predicted molar refractivity (Wildman–Crippen MR) is 91.3 cm³/mol. The van der Waals surface area contributed by atoms with Gasteiger partial charge in [0.2, 0.25) is 5.88 Å². The van der Waals surface area contributed by atoms with Crippen molar-refractivity contribution in [3.8, 4) is 5.88 Å². The number of aliphatic imine (C=N–C) groups is 1. The molecule has 0 aliphatic rings. The Hall–Kier alpha value is -1.30. The quantitative estimate of drug-likeness (QED) is 0.289. The number of pyridine rings is 1. The first-order chi connectivity index (χ1) is 10.5. The zero-order valence-corrected chi connectivity index (χ0v) is 15.1. The smallest absolute Gasteiger partial charge is 0.422 e. The fraction of sp³-hybridized carbons (Fsp3) is 0.538. The summed E-state index contributed by atoms with van der Waals surface area (Å²) in [6.07, 6.45) is -3.03. The third-order valence-corrected chi connectivity index (χ3v) is 2.49. The number of ether oxygens (including phenoxy) is 2. The summed E-state index contributed by atoms with van der Waals surface area (Å²) in [4.78, 5) is 7.81. The van der Waals surface area contributed by atoms with E-state index in [1.807, 2.05) is 0 Å². The first-order valence-electron chi connectivity index (χ1n) is 6.53. The zero-order chi connectivity index (χ0) is 16.4. The lowest BCUT2D eigenvalue weighted by Gasteiger charge is -2.14. The Balaban J connectivity index is 0.00000484. The second-order valence-corrected chi connectivity index (χ2v) is 4.22. The number of aromatic nitrogens is 1. The largest absolute Gasteiger partial charge is 0.468 e. The van der Waals surface area contributed by atoms with Crippen molar-refractivity contribution in [3.63, 3.8) is 0 Å². The maximum Gasteiger partial charge on any atom is 0.422 e. The fourth-order valence-electron chi connectivity index (χ4n) is 1.51. The molecule has 1 aromatic heterocycles. The average molecular weight is 448 g/mol. The molecule has 6 nitrogen and oxygen atoms in total. The molecule has 10 heteroatoms. The van der Waals surface area contributed by atoms with Gasteiger partial charge in [-0.05, 0) is 6.07 Å². The second kappa shape index (κ2) is 11.3.